The molecule has 0 bridgehead atoms. The first-order chi connectivity index (χ1) is 24.0. The van der Waals surface area contributed by atoms with Crippen molar-refractivity contribution in [3.8, 4) is 10.6 Å². The number of fused-ring (bicyclic) bond motifs is 1. The van der Waals surface area contributed by atoms with Crippen LogP contribution >= 0.6 is 11.3 Å². The van der Waals surface area contributed by atoms with Crippen LogP contribution in [0.25, 0.3) is 20.8 Å². The summed E-state index contributed by atoms with van der Waals surface area (Å²) in [4.78, 5) is 4.22. The molecule has 0 saturated carbocycles. The van der Waals surface area contributed by atoms with Crippen molar-refractivity contribution in [2.24, 2.45) is 5.41 Å². The molecule has 53 heavy (non-hydrogen) atoms. The van der Waals surface area contributed by atoms with E-state index in [1.165, 1.54) is 30.3 Å². The maximum atomic E-state index is 15.5. The van der Waals surface area contributed by atoms with Gasteiger partial charge in [0.25, 0.3) is 0 Å². The number of thiazole rings is 1. The van der Waals surface area contributed by atoms with Gasteiger partial charge in [-0.3, -0.25) is 0 Å². The molecule has 1 heterocycles. The Labute approximate surface area is 289 Å². The fraction of sp³-hybridized carbons (Fsp3) is 0.250. The maximum absolute atomic E-state index is 15.5. The Morgan fingerprint density at radius 3 is 1.66 bits per heavy atom. The van der Waals surface area contributed by atoms with E-state index in [1.54, 1.807) is 0 Å². The van der Waals surface area contributed by atoms with Gasteiger partial charge in [-0.1, -0.05) is 0 Å². The molecule has 0 saturated heterocycles. The van der Waals surface area contributed by atoms with Crippen LogP contribution in [0.3, 0.4) is 0 Å². The molecule has 0 aliphatic heterocycles. The van der Waals surface area contributed by atoms with Crippen LogP contribution in [0.2, 0.25) is 0 Å². The molecule has 282 valence electrons. The van der Waals surface area contributed by atoms with E-state index in [0.717, 1.165) is 29.5 Å². The van der Waals surface area contributed by atoms with Crippen LogP contribution in [0.5, 0.6) is 0 Å². The van der Waals surface area contributed by atoms with Gasteiger partial charge in [-0.05, 0) is 0 Å². The van der Waals surface area contributed by atoms with Crippen LogP contribution in [0.4, 0.5) is 79.0 Å². The summed E-state index contributed by atoms with van der Waals surface area (Å²) in [5, 5.41) is -0.117. The van der Waals surface area contributed by atoms with E-state index < -0.39 is 124 Å². The summed E-state index contributed by atoms with van der Waals surface area (Å²) in [5.41, 5.74) is -24.8. The van der Waals surface area contributed by atoms with Crippen molar-refractivity contribution in [3.05, 3.63) is 106 Å². The topological polar surface area (TPSA) is 12.9 Å². The van der Waals surface area contributed by atoms with Gasteiger partial charge in [0.2, 0.25) is 0 Å². The van der Waals surface area contributed by atoms with Crippen molar-refractivity contribution in [1.29, 1.82) is 0 Å². The number of benzene rings is 3. The minimum atomic E-state index is -6.37. The summed E-state index contributed by atoms with van der Waals surface area (Å²) in [6, 6.07) is 8.20. The molecule has 0 amide bonds. The number of hydrogen-bond donors (Lipinski definition) is 0. The van der Waals surface area contributed by atoms with E-state index in [9.17, 15) is 65.9 Å². The SMILES string of the molecule is FC(F)(F)C1=CC(Cc2ccccc2-c2nc3ccccc3s2)(C(F)(F)F)C(=Bc2c(C(F)(F)F)cc(C(F)(F)F)cc2C(F)(F)F)C(C(F)(F)F)=C1. The average Bonchev–Trinajstić information content (AvgIpc) is 3.43. The summed E-state index contributed by atoms with van der Waals surface area (Å²) in [7, 11) is 0. The molecule has 0 radical (unpaired) electrons. The Kier molecular flexibility index (Phi) is 9.74. The van der Waals surface area contributed by atoms with Gasteiger partial charge in [-0.2, -0.15) is 0 Å². The van der Waals surface area contributed by atoms with Crippen molar-refractivity contribution < 1.29 is 79.0 Å². The number of hydrogen-bond acceptors (Lipinski definition) is 2. The second kappa shape index (κ2) is 12.9. The van der Waals surface area contributed by atoms with Gasteiger partial charge in [0.05, 0.1) is 0 Å². The van der Waals surface area contributed by atoms with Gasteiger partial charge in [0.15, 0.2) is 0 Å². The molecule has 3 aromatic carbocycles. The number of halogens is 18. The Bertz CT molecular complexity index is 2070. The molecule has 21 heteroatoms. The molecule has 4 aromatic rings. The molecule has 1 aliphatic carbocycles. The van der Waals surface area contributed by atoms with E-state index in [2.05, 4.69) is 4.98 Å². The van der Waals surface area contributed by atoms with Crippen LogP contribution in [-0.4, -0.2) is 35.9 Å². The second-order valence-electron chi connectivity index (χ2n) is 11.5. The first kappa shape index (κ1) is 39.9. The first-order valence-corrected chi connectivity index (χ1v) is 15.1. The van der Waals surface area contributed by atoms with Crippen molar-refractivity contribution in [1.82, 2.24) is 4.98 Å². The normalized spacial score (nSPS) is 18.6. The second-order valence-corrected chi connectivity index (χ2v) is 12.5. The monoisotopic (exact) mass is 797 g/mol. The summed E-state index contributed by atoms with van der Waals surface area (Å²) in [6.45, 7) is -0.942. The van der Waals surface area contributed by atoms with Crippen molar-refractivity contribution in [2.45, 2.75) is 43.5 Å². The molecular weight excluding hydrogens is 783 g/mol. The molecule has 0 fully saturated rings. The molecule has 1 aromatic heterocycles. The molecule has 1 atom stereocenters. The number of para-hydroxylation sites is 1. The Balaban J connectivity index is 1.95. The number of allylic oxidation sites excluding steroid dienone is 4. The third-order valence-electron chi connectivity index (χ3n) is 8.03. The summed E-state index contributed by atoms with van der Waals surface area (Å²) in [5.74, 6) is 0. The van der Waals surface area contributed by atoms with E-state index in [1.807, 2.05) is 0 Å². The predicted molar refractivity (Wildman–Crippen MR) is 157 cm³/mol. The Morgan fingerprint density at radius 1 is 0.623 bits per heavy atom. The van der Waals surface area contributed by atoms with Crippen LogP contribution in [0.15, 0.2) is 84.0 Å². The average molecular weight is 797 g/mol. The summed E-state index contributed by atoms with van der Waals surface area (Å²) < 4.78 is 259. The Hall–Kier alpha value is -4.30. The predicted octanol–water partition coefficient (Wildman–Crippen LogP) is 11.3. The molecular formula is C32H14BF18NS. The Morgan fingerprint density at radius 2 is 1.17 bits per heavy atom. The van der Waals surface area contributed by atoms with Crippen LogP contribution in [0.1, 0.15) is 22.3 Å². The van der Waals surface area contributed by atoms with Gasteiger partial charge in [-0.25, -0.2) is 0 Å². The van der Waals surface area contributed by atoms with E-state index in [-0.39, 0.29) is 16.1 Å². The third kappa shape index (κ3) is 7.85. The van der Waals surface area contributed by atoms with Gasteiger partial charge < -0.3 is 0 Å². The van der Waals surface area contributed by atoms with Crippen molar-refractivity contribution in [2.75, 3.05) is 0 Å². The number of rotatable bonds is 4. The number of nitrogens with zero attached hydrogens (tertiary/aromatic N) is 1. The van der Waals surface area contributed by atoms with Gasteiger partial charge in [0.1, 0.15) is 0 Å². The summed E-state index contributed by atoms with van der Waals surface area (Å²) in [6.07, 6.45) is -41.0. The van der Waals surface area contributed by atoms with Crippen LogP contribution in [0, 0.1) is 5.41 Å². The van der Waals surface area contributed by atoms with Gasteiger partial charge in [-0.15, -0.1) is 0 Å². The zero-order chi connectivity index (χ0) is 39.7. The van der Waals surface area contributed by atoms with Gasteiger partial charge in [0, 0.05) is 0 Å². The summed E-state index contributed by atoms with van der Waals surface area (Å²) >= 11 is 0.823. The van der Waals surface area contributed by atoms with Crippen LogP contribution < -0.4 is 5.46 Å². The zero-order valence-corrected chi connectivity index (χ0v) is 26.2. The minimum absolute atomic E-state index is 0.117. The standard InChI is InChI=1S/C32H14BF18NS/c34-27(35,36)15-9-18(29(40,41)42)23(19(10-15)30(43,44)45)33-24-20(31(46,47)48)11-16(28(37,38)39)13-26(24,32(49,50)51)12-14-5-1-2-6-17(14)25-52-21-7-3-4-8-22(21)53-25/h1-11,13H,12H2. The molecule has 5 rings (SSSR count). The third-order valence-corrected chi connectivity index (χ3v) is 9.10. The van der Waals surface area contributed by atoms with Crippen molar-refractivity contribution >= 4 is 39.4 Å². The molecule has 0 spiro atoms. The number of aromatic nitrogens is 1. The zero-order valence-electron chi connectivity index (χ0n) is 25.4. The molecule has 1 aliphatic rings. The van der Waals surface area contributed by atoms with Gasteiger partial charge >= 0.3 is 289 Å². The van der Waals surface area contributed by atoms with E-state index >= 15 is 13.2 Å². The molecule has 1 unspecified atom stereocenters. The van der Waals surface area contributed by atoms with Crippen LogP contribution in [-0.2, 0) is 24.9 Å². The van der Waals surface area contributed by atoms with E-state index in [4.69, 9.17) is 0 Å². The van der Waals surface area contributed by atoms with E-state index in [0.29, 0.717) is 4.70 Å². The molecule has 0 N–H and O–H groups in total. The quantitative estimate of drug-likeness (QED) is 0.148. The molecule has 1 nitrogen and oxygen atoms in total. The fourth-order valence-corrected chi connectivity index (χ4v) is 6.73. The fourth-order valence-electron chi connectivity index (χ4n) is 5.70. The number of alkyl halides is 18. The van der Waals surface area contributed by atoms with Crippen molar-refractivity contribution in [3.63, 3.8) is 0 Å². The first-order valence-electron chi connectivity index (χ1n) is 14.3.